The highest BCUT2D eigenvalue weighted by Gasteiger charge is 1.31. The van der Waals surface area contributed by atoms with Gasteiger partial charge in [0.1, 0.15) is 0 Å². The largest absolute Gasteiger partial charge is 0 e. The molecule has 5 heavy (non-hydrogen) atoms. The first-order valence-electron chi connectivity index (χ1n) is 0.667. The van der Waals surface area contributed by atoms with Crippen LogP contribution in [0.5, 0.6) is 0 Å². The van der Waals surface area contributed by atoms with E-state index in [-0.39, 0.29) is 0 Å². The SMILES string of the molecule is S=S=S(=S)=S. The van der Waals surface area contributed by atoms with Crippen molar-refractivity contribution in [2.45, 2.75) is 0 Å². The minimum Gasteiger partial charge on any atom is 0 e. The van der Waals surface area contributed by atoms with Crippen LogP contribution in [-0.2, 0) is 49.0 Å². The molecule has 0 N–H and O–H groups in total. The highest BCUT2D eigenvalue weighted by atomic mass is 33.4. The molecule has 0 aromatic rings. The summed E-state index contributed by atoms with van der Waals surface area (Å²) in [5.41, 5.74) is 0. The lowest BCUT2D eigenvalue weighted by molar-refractivity contribution is 6.06. The molecule has 0 unspecified atom stereocenters. The molecule has 0 saturated carbocycles. The van der Waals surface area contributed by atoms with Crippen molar-refractivity contribution in [1.82, 2.24) is 0 Å². The molecular weight excluding hydrogens is 160 g/mol. The quantitative estimate of drug-likeness (QED) is 0.489. The van der Waals surface area contributed by atoms with Crippen LogP contribution in [0, 0.1) is 0 Å². The molecule has 0 saturated heterocycles. The van der Waals surface area contributed by atoms with E-state index < -0.39 is 6.57 Å². The average molecular weight is 160 g/mol. The maximum absolute atomic E-state index is 4.48. The van der Waals surface area contributed by atoms with Crippen molar-refractivity contribution >= 4 is 49.0 Å². The molecule has 0 aliphatic heterocycles. The summed E-state index contributed by atoms with van der Waals surface area (Å²) in [5, 5.41) is 0. The van der Waals surface area contributed by atoms with Crippen LogP contribution in [-0.4, -0.2) is 0 Å². The molecule has 0 aliphatic carbocycles. The Kier molecular flexibility index (Phi) is 4.02. The Labute approximate surface area is 48.9 Å². The fraction of sp³-hybridized carbons (Fsp3) is 0. The monoisotopic (exact) mass is 160 g/mol. The summed E-state index contributed by atoms with van der Waals surface area (Å²) in [7, 11) is 1.12. The highest BCUT2D eigenvalue weighted by molar-refractivity contribution is 8.67. The van der Waals surface area contributed by atoms with Gasteiger partial charge >= 0.3 is 0 Å². The Hall–Kier alpha value is 1.10. The van der Waals surface area contributed by atoms with Crippen molar-refractivity contribution in [3.8, 4) is 0 Å². The van der Waals surface area contributed by atoms with E-state index in [9.17, 15) is 0 Å². The molecule has 5 heteroatoms. The van der Waals surface area contributed by atoms with Gasteiger partial charge in [0.25, 0.3) is 0 Å². The second kappa shape index (κ2) is 3.30. The molecule has 0 heterocycles. The van der Waals surface area contributed by atoms with Gasteiger partial charge in [0, 0.05) is 49.0 Å². The van der Waals surface area contributed by atoms with Crippen LogP contribution in [0.4, 0.5) is 0 Å². The van der Waals surface area contributed by atoms with Gasteiger partial charge in [0.05, 0.1) is 0 Å². The Morgan fingerprint density at radius 3 is 1.60 bits per heavy atom. The topological polar surface area (TPSA) is 0 Å². The third-order valence-electron chi connectivity index (χ3n) is 0.0556. The van der Waals surface area contributed by atoms with Crippen molar-refractivity contribution in [3.63, 3.8) is 0 Å². The summed E-state index contributed by atoms with van der Waals surface area (Å²) in [6.45, 7) is -0.424. The number of hydrogen-bond acceptors (Lipinski definition) is 3. The van der Waals surface area contributed by atoms with Gasteiger partial charge in [-0.25, -0.2) is 0 Å². The lowest BCUT2D eigenvalue weighted by Crippen LogP contribution is -1.31. The fourth-order valence-corrected chi connectivity index (χ4v) is 0. The van der Waals surface area contributed by atoms with Crippen molar-refractivity contribution < 1.29 is 0 Å². The Morgan fingerprint density at radius 2 is 1.60 bits per heavy atom. The van der Waals surface area contributed by atoms with Gasteiger partial charge in [0.15, 0.2) is 0 Å². The zero-order chi connectivity index (χ0) is 4.28. The number of hydrogen-bond donors (Lipinski definition) is 0. The molecule has 0 atom stereocenters. The van der Waals surface area contributed by atoms with Crippen LogP contribution in [0.3, 0.4) is 0 Å². The minimum absolute atomic E-state index is 0.424. The summed E-state index contributed by atoms with van der Waals surface area (Å²) in [5.74, 6) is 0. The third kappa shape index (κ3) is 5.10. The Bertz CT molecular complexity index is 131. The molecule has 30 valence electrons. The molecule has 0 fully saturated rings. The first-order chi connectivity index (χ1) is 2.27. The molecule has 0 amide bonds. The van der Waals surface area contributed by atoms with E-state index in [2.05, 4.69) is 33.6 Å². The molecule has 0 bridgehead atoms. The minimum atomic E-state index is -0.424. The van der Waals surface area contributed by atoms with Crippen molar-refractivity contribution in [2.75, 3.05) is 0 Å². The van der Waals surface area contributed by atoms with E-state index in [4.69, 9.17) is 0 Å². The van der Waals surface area contributed by atoms with Crippen LogP contribution in [0.2, 0.25) is 0 Å². The van der Waals surface area contributed by atoms with E-state index in [1.54, 1.807) is 0 Å². The highest BCUT2D eigenvalue weighted by Crippen LogP contribution is 1.31. The molecule has 0 nitrogen and oxygen atoms in total. The summed E-state index contributed by atoms with van der Waals surface area (Å²) in [6.07, 6.45) is 0. The maximum Gasteiger partial charge on any atom is 0 e. The maximum atomic E-state index is 4.48. The summed E-state index contributed by atoms with van der Waals surface area (Å²) in [4.78, 5) is 0. The van der Waals surface area contributed by atoms with Gasteiger partial charge in [-0.1, -0.05) is 0 Å². The van der Waals surface area contributed by atoms with Gasteiger partial charge in [0.2, 0.25) is 0 Å². The first kappa shape index (κ1) is 6.10. The van der Waals surface area contributed by atoms with Gasteiger partial charge in [-0.3, -0.25) is 0 Å². The zero-order valence-electron chi connectivity index (χ0n) is 2.04. The standard InChI is InChI=1S/S5/c1-4-5(2)3. The Balaban J connectivity index is 5.08. The summed E-state index contributed by atoms with van der Waals surface area (Å²) < 4.78 is 0. The smallest absolute Gasteiger partial charge is 0 e. The molecular formula is S5. The predicted molar refractivity (Wildman–Crippen MR) is 36.8 cm³/mol. The van der Waals surface area contributed by atoms with Crippen LogP contribution in [0.15, 0.2) is 0 Å². The van der Waals surface area contributed by atoms with Crippen LogP contribution < -0.4 is 0 Å². The molecule has 0 aliphatic rings. The second-order valence-corrected chi connectivity index (χ2v) is 7.35. The van der Waals surface area contributed by atoms with Gasteiger partial charge in [-0.15, -0.1) is 0 Å². The van der Waals surface area contributed by atoms with E-state index in [1.165, 1.54) is 0 Å². The van der Waals surface area contributed by atoms with Crippen LogP contribution in [0.1, 0.15) is 0 Å². The van der Waals surface area contributed by atoms with Crippen LogP contribution in [0.25, 0.3) is 0 Å². The van der Waals surface area contributed by atoms with E-state index in [1.807, 2.05) is 0 Å². The van der Waals surface area contributed by atoms with Crippen molar-refractivity contribution in [3.05, 3.63) is 0 Å². The zero-order valence-corrected chi connectivity index (χ0v) is 6.12. The van der Waals surface area contributed by atoms with E-state index in [0.29, 0.717) is 0 Å². The Morgan fingerprint density at radius 1 is 1.40 bits per heavy atom. The van der Waals surface area contributed by atoms with Gasteiger partial charge in [-0.2, -0.15) is 0 Å². The molecule has 0 spiro atoms. The fourth-order valence-electron chi connectivity index (χ4n) is 0. The van der Waals surface area contributed by atoms with Crippen molar-refractivity contribution in [2.24, 2.45) is 0 Å². The number of rotatable bonds is 0. The molecule has 0 radical (unpaired) electrons. The molecule has 0 rings (SSSR count). The third-order valence-corrected chi connectivity index (χ3v) is 4.50. The average Bonchev–Trinajstić information content (AvgIpc) is 1.38. The first-order valence-corrected chi connectivity index (χ1v) is 6.00. The lowest BCUT2D eigenvalue weighted by Gasteiger charge is -1.31. The van der Waals surface area contributed by atoms with Crippen LogP contribution >= 0.6 is 0 Å². The summed E-state index contributed by atoms with van der Waals surface area (Å²) in [6, 6.07) is 0. The molecule has 0 aromatic carbocycles. The summed E-state index contributed by atoms with van der Waals surface area (Å²) >= 11 is 13.4. The van der Waals surface area contributed by atoms with E-state index in [0.717, 1.165) is 8.88 Å². The van der Waals surface area contributed by atoms with Crippen molar-refractivity contribution in [1.29, 1.82) is 0 Å². The van der Waals surface area contributed by atoms with E-state index >= 15 is 0 Å². The molecule has 0 aromatic heterocycles. The van der Waals surface area contributed by atoms with Gasteiger partial charge < -0.3 is 0 Å². The normalized spacial score (nSPS) is 6.40. The lowest BCUT2D eigenvalue weighted by atomic mass is 30.8. The second-order valence-electron chi connectivity index (χ2n) is 0.272. The van der Waals surface area contributed by atoms with Gasteiger partial charge in [-0.05, 0) is 0 Å². The predicted octanol–water partition coefficient (Wildman–Crippen LogP) is -0.0120.